The van der Waals surface area contributed by atoms with Gasteiger partial charge in [-0.15, -0.1) is 0 Å². The number of sulfonamides is 1. The highest BCUT2D eigenvalue weighted by molar-refractivity contribution is 7.89. The molecule has 3 aromatic rings. The lowest BCUT2D eigenvalue weighted by atomic mass is 9.92. The maximum atomic E-state index is 14.1. The van der Waals surface area contributed by atoms with Gasteiger partial charge in [0.2, 0.25) is 10.0 Å². The first-order valence-corrected chi connectivity index (χ1v) is 9.40. The molecule has 0 spiro atoms. The van der Waals surface area contributed by atoms with Gasteiger partial charge in [0.1, 0.15) is 17.6 Å². The highest BCUT2D eigenvalue weighted by Crippen LogP contribution is 2.38. The molecule has 0 aromatic heterocycles. The van der Waals surface area contributed by atoms with Crippen molar-refractivity contribution in [3.63, 3.8) is 0 Å². The largest absolute Gasteiger partial charge is 0.497 e. The summed E-state index contributed by atoms with van der Waals surface area (Å²) in [5, 5.41) is 14.7. The van der Waals surface area contributed by atoms with Crippen molar-refractivity contribution in [2.75, 3.05) is 7.11 Å². The summed E-state index contributed by atoms with van der Waals surface area (Å²) in [6.45, 7) is 0. The van der Waals surface area contributed by atoms with E-state index >= 15 is 0 Å². The molecule has 0 amide bonds. The maximum Gasteiger partial charge on any atom is 0.238 e. The molecule has 0 saturated carbocycles. The second-order valence-electron chi connectivity index (χ2n) is 5.73. The summed E-state index contributed by atoms with van der Waals surface area (Å²) in [7, 11) is -2.56. The average molecular weight is 382 g/mol. The summed E-state index contributed by atoms with van der Waals surface area (Å²) in [6.07, 6.45) is 0. The number of methoxy groups -OCH3 is 1. The second kappa shape index (κ2) is 7.19. The van der Waals surface area contributed by atoms with E-state index in [1.807, 2.05) is 6.07 Å². The molecule has 0 atom stereocenters. The van der Waals surface area contributed by atoms with Gasteiger partial charge in [0.05, 0.1) is 17.6 Å². The topological polar surface area (TPSA) is 93.2 Å². The quantitative estimate of drug-likeness (QED) is 0.745. The van der Waals surface area contributed by atoms with Crippen molar-refractivity contribution in [2.45, 2.75) is 4.90 Å². The number of ether oxygens (including phenoxy) is 1. The number of nitrogens with two attached hydrogens (primary N) is 1. The van der Waals surface area contributed by atoms with Crippen LogP contribution in [0.25, 0.3) is 22.3 Å². The van der Waals surface area contributed by atoms with Crippen LogP contribution in [0, 0.1) is 17.1 Å². The zero-order chi connectivity index (χ0) is 19.6. The molecule has 27 heavy (non-hydrogen) atoms. The average Bonchev–Trinajstić information content (AvgIpc) is 2.66. The number of primary sulfonamides is 1. The maximum absolute atomic E-state index is 14.1. The molecule has 0 bridgehead atoms. The summed E-state index contributed by atoms with van der Waals surface area (Å²) < 4.78 is 43.5. The fourth-order valence-electron chi connectivity index (χ4n) is 2.91. The normalized spacial score (nSPS) is 11.0. The van der Waals surface area contributed by atoms with Crippen LogP contribution in [0.2, 0.25) is 0 Å². The minimum atomic E-state index is -4.02. The number of nitriles is 1. The molecule has 5 nitrogen and oxygen atoms in total. The molecule has 0 radical (unpaired) electrons. The zero-order valence-corrected chi connectivity index (χ0v) is 15.1. The van der Waals surface area contributed by atoms with Crippen LogP contribution in [0.1, 0.15) is 5.56 Å². The predicted octanol–water partition coefficient (Wildman–Crippen LogP) is 3.69. The van der Waals surface area contributed by atoms with Gasteiger partial charge >= 0.3 is 0 Å². The molecule has 2 N–H and O–H groups in total. The van der Waals surface area contributed by atoms with Gasteiger partial charge in [0, 0.05) is 11.1 Å². The number of hydrogen-bond donors (Lipinski definition) is 1. The minimum absolute atomic E-state index is 0.0920. The van der Waals surface area contributed by atoms with Gasteiger partial charge in [-0.3, -0.25) is 0 Å². The van der Waals surface area contributed by atoms with Crippen LogP contribution in [-0.4, -0.2) is 15.5 Å². The van der Waals surface area contributed by atoms with Crippen molar-refractivity contribution in [2.24, 2.45) is 5.14 Å². The monoisotopic (exact) mass is 382 g/mol. The Kier molecular flexibility index (Phi) is 4.95. The lowest BCUT2D eigenvalue weighted by Gasteiger charge is -2.15. The van der Waals surface area contributed by atoms with Gasteiger partial charge in [0.25, 0.3) is 0 Å². The molecule has 0 saturated heterocycles. The smallest absolute Gasteiger partial charge is 0.238 e. The minimum Gasteiger partial charge on any atom is -0.497 e. The van der Waals surface area contributed by atoms with E-state index in [1.165, 1.54) is 31.4 Å². The summed E-state index contributed by atoms with van der Waals surface area (Å²) in [4.78, 5) is -0.0920. The van der Waals surface area contributed by atoms with Crippen molar-refractivity contribution in [1.82, 2.24) is 0 Å². The molecular formula is C20H15FN2O3S. The van der Waals surface area contributed by atoms with E-state index in [-0.39, 0.29) is 10.5 Å². The van der Waals surface area contributed by atoms with Crippen LogP contribution < -0.4 is 9.88 Å². The summed E-state index contributed by atoms with van der Waals surface area (Å²) >= 11 is 0. The Labute approximate surface area is 156 Å². The van der Waals surface area contributed by atoms with Gasteiger partial charge in [-0.2, -0.15) is 5.26 Å². The van der Waals surface area contributed by atoms with Gasteiger partial charge in [-0.05, 0) is 35.4 Å². The lowest BCUT2D eigenvalue weighted by Crippen LogP contribution is -2.13. The van der Waals surface area contributed by atoms with Gasteiger partial charge in [-0.1, -0.05) is 36.4 Å². The van der Waals surface area contributed by atoms with Crippen LogP contribution in [0.5, 0.6) is 5.75 Å². The Morgan fingerprint density at radius 3 is 2.19 bits per heavy atom. The van der Waals surface area contributed by atoms with Crippen molar-refractivity contribution in [3.05, 3.63) is 72.0 Å². The van der Waals surface area contributed by atoms with Gasteiger partial charge in [0.15, 0.2) is 0 Å². The Morgan fingerprint density at radius 1 is 0.963 bits per heavy atom. The predicted molar refractivity (Wildman–Crippen MR) is 99.9 cm³/mol. The summed E-state index contributed by atoms with van der Waals surface area (Å²) in [5.74, 6) is -0.214. The number of halogens is 1. The van der Waals surface area contributed by atoms with E-state index in [1.54, 1.807) is 36.4 Å². The SMILES string of the molecule is COc1ccc(S(N)(=O)=O)c(-c2ccccc2-c2cccc(F)c2C#N)c1. The second-order valence-corrected chi connectivity index (χ2v) is 7.26. The fraction of sp³-hybridized carbons (Fsp3) is 0.0500. The molecule has 0 aliphatic rings. The first-order chi connectivity index (χ1) is 12.9. The van der Waals surface area contributed by atoms with Crippen LogP contribution in [0.15, 0.2) is 65.6 Å². The van der Waals surface area contributed by atoms with Crippen LogP contribution >= 0.6 is 0 Å². The Morgan fingerprint density at radius 2 is 1.59 bits per heavy atom. The number of benzene rings is 3. The van der Waals surface area contributed by atoms with Gasteiger partial charge < -0.3 is 4.74 Å². The number of hydrogen-bond acceptors (Lipinski definition) is 4. The molecule has 0 aliphatic heterocycles. The number of rotatable bonds is 4. The Hall–Kier alpha value is -3.21. The lowest BCUT2D eigenvalue weighted by molar-refractivity contribution is 0.414. The molecule has 7 heteroatoms. The van der Waals surface area contributed by atoms with Crippen molar-refractivity contribution in [1.29, 1.82) is 5.26 Å². The van der Waals surface area contributed by atoms with E-state index in [4.69, 9.17) is 9.88 Å². The van der Waals surface area contributed by atoms with Gasteiger partial charge in [-0.25, -0.2) is 17.9 Å². The molecule has 3 aromatic carbocycles. The standard InChI is InChI=1S/C20H15FN2O3S/c1-26-13-9-10-20(27(23,24)25)17(11-13)15-6-3-2-5-14(15)16-7-4-8-19(21)18(16)12-22/h2-11H,1H3,(H2,23,24,25). The molecule has 0 unspecified atom stereocenters. The van der Waals surface area contributed by atoms with Crippen LogP contribution in [0.3, 0.4) is 0 Å². The van der Waals surface area contributed by atoms with E-state index < -0.39 is 15.8 Å². The Bertz CT molecular complexity index is 1170. The third-order valence-electron chi connectivity index (χ3n) is 4.13. The third-order valence-corrected chi connectivity index (χ3v) is 5.10. The van der Waals surface area contributed by atoms with Crippen LogP contribution in [0.4, 0.5) is 4.39 Å². The third kappa shape index (κ3) is 3.53. The Balaban J connectivity index is 2.38. The fourth-order valence-corrected chi connectivity index (χ4v) is 3.64. The molecule has 0 fully saturated rings. The molecule has 136 valence electrons. The van der Waals surface area contributed by atoms with E-state index in [0.717, 1.165) is 0 Å². The summed E-state index contributed by atoms with van der Waals surface area (Å²) in [5.41, 5.74) is 1.54. The molecule has 3 rings (SSSR count). The zero-order valence-electron chi connectivity index (χ0n) is 14.3. The van der Waals surface area contributed by atoms with E-state index in [9.17, 15) is 18.1 Å². The highest BCUT2D eigenvalue weighted by atomic mass is 32.2. The van der Waals surface area contributed by atoms with E-state index in [2.05, 4.69) is 0 Å². The molecule has 0 aliphatic carbocycles. The van der Waals surface area contributed by atoms with Crippen molar-refractivity contribution < 1.29 is 17.5 Å². The molecule has 0 heterocycles. The first-order valence-electron chi connectivity index (χ1n) is 7.86. The van der Waals surface area contributed by atoms with Crippen LogP contribution in [-0.2, 0) is 10.0 Å². The van der Waals surface area contributed by atoms with E-state index in [0.29, 0.717) is 28.0 Å². The molecular weight excluding hydrogens is 367 g/mol. The highest BCUT2D eigenvalue weighted by Gasteiger charge is 2.20. The van der Waals surface area contributed by atoms with Crippen molar-refractivity contribution >= 4 is 10.0 Å². The van der Waals surface area contributed by atoms with Crippen molar-refractivity contribution in [3.8, 4) is 34.1 Å². The summed E-state index contributed by atoms with van der Waals surface area (Å²) in [6, 6.07) is 17.4. The number of nitrogens with zero attached hydrogens (tertiary/aromatic N) is 1. The first kappa shape index (κ1) is 18.6.